The van der Waals surface area contributed by atoms with E-state index in [0.717, 1.165) is 10.4 Å². The summed E-state index contributed by atoms with van der Waals surface area (Å²) in [4.78, 5) is 38.2. The Balaban J connectivity index is 1.53. The van der Waals surface area contributed by atoms with Gasteiger partial charge in [0.05, 0.1) is 23.9 Å². The molecule has 0 fully saturated rings. The first-order valence-corrected chi connectivity index (χ1v) is 10.8. The number of halogens is 1. The Morgan fingerprint density at radius 2 is 2.13 bits per heavy atom. The summed E-state index contributed by atoms with van der Waals surface area (Å²) in [7, 11) is 0. The lowest BCUT2D eigenvalue weighted by molar-refractivity contribution is -0.150. The normalized spacial score (nSPS) is 19.7. The van der Waals surface area contributed by atoms with Gasteiger partial charge in [0.15, 0.2) is 6.10 Å². The van der Waals surface area contributed by atoms with Crippen LogP contribution >= 0.6 is 22.9 Å². The topological polar surface area (TPSA) is 103 Å². The van der Waals surface area contributed by atoms with Crippen LogP contribution in [0.5, 0.6) is 5.75 Å². The lowest BCUT2D eigenvalue weighted by Crippen LogP contribution is -2.47. The van der Waals surface area contributed by atoms with Crippen molar-refractivity contribution in [2.75, 3.05) is 13.2 Å². The number of esters is 2. The summed E-state index contributed by atoms with van der Waals surface area (Å²) in [6.07, 6.45) is -0.504. The molecule has 0 aliphatic carbocycles. The Kier molecular flexibility index (Phi) is 6.15. The maximum Gasteiger partial charge on any atom is 0.348 e. The average Bonchev–Trinajstić information content (AvgIpc) is 3.41. The zero-order valence-electron chi connectivity index (χ0n) is 16.5. The van der Waals surface area contributed by atoms with Crippen LogP contribution in [-0.4, -0.2) is 37.3 Å². The minimum Gasteiger partial charge on any atom is -0.478 e. The van der Waals surface area contributed by atoms with Crippen molar-refractivity contribution in [2.24, 2.45) is 0 Å². The number of thiophene rings is 1. The largest absolute Gasteiger partial charge is 0.478 e. The van der Waals surface area contributed by atoms with Crippen LogP contribution in [0.1, 0.15) is 23.4 Å². The van der Waals surface area contributed by atoms with Crippen molar-refractivity contribution in [3.63, 3.8) is 0 Å². The van der Waals surface area contributed by atoms with Crippen molar-refractivity contribution in [2.45, 2.75) is 25.5 Å². The Morgan fingerprint density at radius 1 is 1.29 bits per heavy atom. The number of carbonyl (C=O) groups is 3. The highest BCUT2D eigenvalue weighted by Gasteiger charge is 2.36. The van der Waals surface area contributed by atoms with Crippen LogP contribution in [0, 0.1) is 0 Å². The second kappa shape index (κ2) is 8.99. The molecule has 162 valence electrons. The lowest BCUT2D eigenvalue weighted by atomic mass is 10.0. The summed E-state index contributed by atoms with van der Waals surface area (Å²) in [5, 5.41) is 7.68. The molecule has 2 aliphatic heterocycles. The predicted molar refractivity (Wildman–Crippen MR) is 113 cm³/mol. The Hall–Kier alpha value is -3.04. The highest BCUT2D eigenvalue weighted by Crippen LogP contribution is 2.33. The quantitative estimate of drug-likeness (QED) is 0.639. The van der Waals surface area contributed by atoms with Crippen LogP contribution in [-0.2, 0) is 25.5 Å². The fourth-order valence-electron chi connectivity index (χ4n) is 3.44. The highest BCUT2D eigenvalue weighted by molar-refractivity contribution is 7.10. The maximum absolute atomic E-state index is 12.7. The minimum atomic E-state index is -0.828. The average molecular weight is 463 g/mol. The van der Waals surface area contributed by atoms with Gasteiger partial charge in [-0.15, -0.1) is 11.3 Å². The van der Waals surface area contributed by atoms with Crippen molar-refractivity contribution in [1.29, 1.82) is 0 Å². The van der Waals surface area contributed by atoms with E-state index in [1.54, 1.807) is 31.2 Å². The summed E-state index contributed by atoms with van der Waals surface area (Å²) < 4.78 is 16.2. The number of amides is 2. The van der Waals surface area contributed by atoms with Crippen molar-refractivity contribution in [3.05, 3.63) is 62.4 Å². The van der Waals surface area contributed by atoms with E-state index in [0.29, 0.717) is 17.2 Å². The van der Waals surface area contributed by atoms with E-state index in [-0.39, 0.29) is 24.5 Å². The monoisotopic (exact) mass is 462 g/mol. The first-order valence-electron chi connectivity index (χ1n) is 9.59. The lowest BCUT2D eigenvalue weighted by Gasteiger charge is -2.28. The molecule has 4 rings (SSSR count). The molecule has 0 spiro atoms. The molecular weight excluding hydrogens is 444 g/mol. The van der Waals surface area contributed by atoms with Gasteiger partial charge in [-0.25, -0.2) is 14.4 Å². The number of fused-ring (bicyclic) bond motifs is 1. The molecule has 0 saturated carbocycles. The van der Waals surface area contributed by atoms with Crippen LogP contribution < -0.4 is 15.4 Å². The van der Waals surface area contributed by atoms with Gasteiger partial charge in [-0.1, -0.05) is 17.7 Å². The molecule has 2 aliphatic rings. The molecule has 1 aromatic heterocycles. The van der Waals surface area contributed by atoms with Gasteiger partial charge in [-0.05, 0) is 42.1 Å². The third-order valence-electron chi connectivity index (χ3n) is 4.80. The van der Waals surface area contributed by atoms with E-state index in [1.807, 2.05) is 11.4 Å². The SMILES string of the molecule is CCOC(=O)C1=C(COC(=O)[C@H]2Cc3cc(Cl)ccc3O2)NC(=O)N[C@H]1c1cccs1. The van der Waals surface area contributed by atoms with E-state index in [4.69, 9.17) is 25.8 Å². The van der Waals surface area contributed by atoms with Gasteiger partial charge in [0.25, 0.3) is 0 Å². The number of ether oxygens (including phenoxy) is 3. The molecule has 8 nitrogen and oxygen atoms in total. The van der Waals surface area contributed by atoms with E-state index in [2.05, 4.69) is 10.6 Å². The molecule has 0 radical (unpaired) electrons. The molecule has 31 heavy (non-hydrogen) atoms. The minimum absolute atomic E-state index is 0.164. The van der Waals surface area contributed by atoms with Crippen molar-refractivity contribution in [1.82, 2.24) is 10.6 Å². The molecule has 2 amide bonds. The van der Waals surface area contributed by atoms with Crippen LogP contribution in [0.2, 0.25) is 5.02 Å². The maximum atomic E-state index is 12.7. The summed E-state index contributed by atoms with van der Waals surface area (Å²) in [5.74, 6) is -0.632. The highest BCUT2D eigenvalue weighted by atomic mass is 35.5. The van der Waals surface area contributed by atoms with Gasteiger partial charge in [0.2, 0.25) is 0 Å². The van der Waals surface area contributed by atoms with Crippen molar-refractivity contribution in [3.8, 4) is 5.75 Å². The number of nitrogens with one attached hydrogen (secondary N) is 2. The molecular formula is C21H19ClN2O6S. The van der Waals surface area contributed by atoms with Gasteiger partial charge in [0, 0.05) is 16.3 Å². The summed E-state index contributed by atoms with van der Waals surface area (Å²) in [6.45, 7) is 1.55. The van der Waals surface area contributed by atoms with Crippen LogP contribution in [0.25, 0.3) is 0 Å². The summed E-state index contributed by atoms with van der Waals surface area (Å²) in [5.41, 5.74) is 1.18. The van der Waals surface area contributed by atoms with E-state index < -0.39 is 30.1 Å². The number of rotatable bonds is 6. The van der Waals surface area contributed by atoms with Crippen LogP contribution in [0.4, 0.5) is 4.79 Å². The number of urea groups is 1. The molecule has 2 atom stereocenters. The molecule has 2 N–H and O–H groups in total. The number of benzene rings is 1. The summed E-state index contributed by atoms with van der Waals surface area (Å²) in [6, 6.07) is 7.54. The fourth-order valence-corrected chi connectivity index (χ4v) is 4.41. The van der Waals surface area contributed by atoms with Gasteiger partial charge < -0.3 is 24.8 Å². The molecule has 0 unspecified atom stereocenters. The first-order chi connectivity index (χ1) is 15.0. The fraction of sp³-hybridized carbons (Fsp3) is 0.286. The Labute approximate surface area is 187 Å². The van der Waals surface area contributed by atoms with Crippen LogP contribution in [0.15, 0.2) is 47.0 Å². The second-order valence-electron chi connectivity index (χ2n) is 6.83. The van der Waals surface area contributed by atoms with E-state index >= 15 is 0 Å². The molecule has 1 aromatic carbocycles. The van der Waals surface area contributed by atoms with E-state index in [1.165, 1.54) is 11.3 Å². The van der Waals surface area contributed by atoms with Gasteiger partial charge in [-0.3, -0.25) is 0 Å². The number of carbonyl (C=O) groups excluding carboxylic acids is 3. The zero-order valence-corrected chi connectivity index (χ0v) is 18.0. The predicted octanol–water partition coefficient (Wildman–Crippen LogP) is 3.12. The van der Waals surface area contributed by atoms with Gasteiger partial charge in [-0.2, -0.15) is 0 Å². The van der Waals surface area contributed by atoms with Crippen LogP contribution in [0.3, 0.4) is 0 Å². The molecule has 0 bridgehead atoms. The third kappa shape index (κ3) is 4.52. The summed E-state index contributed by atoms with van der Waals surface area (Å²) >= 11 is 7.38. The van der Waals surface area contributed by atoms with Crippen molar-refractivity contribution >= 4 is 40.9 Å². The third-order valence-corrected chi connectivity index (χ3v) is 5.97. The molecule has 0 saturated heterocycles. The smallest absolute Gasteiger partial charge is 0.348 e. The van der Waals surface area contributed by atoms with Gasteiger partial charge in [0.1, 0.15) is 12.4 Å². The van der Waals surface area contributed by atoms with Gasteiger partial charge >= 0.3 is 18.0 Å². The first kappa shape index (κ1) is 21.2. The Morgan fingerprint density at radius 3 is 2.87 bits per heavy atom. The number of hydrogen-bond acceptors (Lipinski definition) is 7. The zero-order chi connectivity index (χ0) is 22.0. The molecule has 3 heterocycles. The number of hydrogen-bond donors (Lipinski definition) is 2. The Bertz CT molecular complexity index is 1050. The van der Waals surface area contributed by atoms with Crippen molar-refractivity contribution < 1.29 is 28.6 Å². The molecule has 10 heteroatoms. The van der Waals surface area contributed by atoms with E-state index in [9.17, 15) is 14.4 Å². The standard InChI is InChI=1S/C21H19ClN2O6S/c1-2-28-20(26)17-13(23-21(27)24-18(17)16-4-3-7-31-16)10-29-19(25)15-9-11-8-12(22)5-6-14(11)30-15/h3-8,15,18H,2,9-10H2,1H3,(H2,23,24,27)/t15-,18+/m1/s1. The second-order valence-corrected chi connectivity index (χ2v) is 8.25. The molecule has 2 aromatic rings.